The molecule has 4 heteroatoms. The normalized spacial score (nSPS) is 16.1. The quantitative estimate of drug-likeness (QED) is 0.868. The van der Waals surface area contributed by atoms with Crippen molar-refractivity contribution in [1.29, 1.82) is 0 Å². The number of fused-ring (bicyclic) bond motifs is 1. The van der Waals surface area contributed by atoms with Crippen LogP contribution in [-0.4, -0.2) is 30.3 Å². The Labute approximate surface area is 107 Å². The van der Waals surface area contributed by atoms with Gasteiger partial charge in [0.05, 0.1) is 11.8 Å². The predicted octanol–water partition coefficient (Wildman–Crippen LogP) is 1.96. The summed E-state index contributed by atoms with van der Waals surface area (Å²) in [4.78, 5) is 13.6. The van der Waals surface area contributed by atoms with Gasteiger partial charge in [-0.15, -0.1) is 0 Å². The lowest BCUT2D eigenvalue weighted by Gasteiger charge is -2.29. The number of anilines is 1. The Balaban J connectivity index is 2.01. The summed E-state index contributed by atoms with van der Waals surface area (Å²) in [5.41, 5.74) is 0.833. The molecular formula is C14H19NO3. The fraction of sp³-hybridized carbons (Fsp3) is 0.500. The Hall–Kier alpha value is -1.55. The number of carbonyl (C=O) groups is 1. The first-order valence-electron chi connectivity index (χ1n) is 6.42. The van der Waals surface area contributed by atoms with Gasteiger partial charge in [-0.2, -0.15) is 0 Å². The van der Waals surface area contributed by atoms with Gasteiger partial charge in [-0.05, 0) is 31.4 Å². The van der Waals surface area contributed by atoms with E-state index in [1.54, 1.807) is 4.90 Å². The Morgan fingerprint density at radius 3 is 3.00 bits per heavy atom. The van der Waals surface area contributed by atoms with E-state index >= 15 is 0 Å². The molecule has 1 N–H and O–H groups in total. The van der Waals surface area contributed by atoms with Crippen LogP contribution < -0.4 is 9.64 Å². The average molecular weight is 249 g/mol. The van der Waals surface area contributed by atoms with Crippen LogP contribution in [0.25, 0.3) is 0 Å². The number of para-hydroxylation sites is 2. The molecule has 4 nitrogen and oxygen atoms in total. The number of amides is 1. The molecule has 0 saturated heterocycles. The van der Waals surface area contributed by atoms with Crippen LogP contribution in [-0.2, 0) is 4.79 Å². The number of aliphatic hydroxyl groups excluding tert-OH is 1. The molecule has 1 aliphatic heterocycles. The van der Waals surface area contributed by atoms with Gasteiger partial charge in [-0.3, -0.25) is 4.79 Å². The zero-order valence-electron chi connectivity index (χ0n) is 10.6. The van der Waals surface area contributed by atoms with E-state index in [0.717, 1.165) is 30.7 Å². The van der Waals surface area contributed by atoms with Gasteiger partial charge in [0.2, 0.25) is 0 Å². The summed E-state index contributed by atoms with van der Waals surface area (Å²) in [6, 6.07) is 7.56. The molecule has 0 radical (unpaired) electrons. The summed E-state index contributed by atoms with van der Waals surface area (Å²) < 4.78 is 5.37. The topological polar surface area (TPSA) is 49.8 Å². The van der Waals surface area contributed by atoms with Crippen LogP contribution >= 0.6 is 0 Å². The highest BCUT2D eigenvalue weighted by Crippen LogP contribution is 2.31. The molecule has 1 aromatic rings. The van der Waals surface area contributed by atoms with Gasteiger partial charge in [0.1, 0.15) is 5.75 Å². The molecule has 2 rings (SSSR count). The highest BCUT2D eigenvalue weighted by molar-refractivity contribution is 5.97. The third kappa shape index (κ3) is 2.82. The number of rotatable bonds is 5. The lowest BCUT2D eigenvalue weighted by Crippen LogP contribution is -2.39. The molecule has 0 fully saturated rings. The molecule has 1 heterocycles. The first-order chi connectivity index (χ1) is 8.72. The first-order valence-corrected chi connectivity index (χ1v) is 6.42. The van der Waals surface area contributed by atoms with E-state index in [9.17, 15) is 9.90 Å². The number of hydrogen-bond donors (Lipinski definition) is 1. The highest BCUT2D eigenvalue weighted by atomic mass is 16.5. The van der Waals surface area contributed by atoms with Gasteiger partial charge in [0, 0.05) is 6.54 Å². The molecule has 0 aliphatic carbocycles. The molecule has 0 aromatic heterocycles. The van der Waals surface area contributed by atoms with E-state index in [2.05, 4.69) is 0 Å². The van der Waals surface area contributed by atoms with Gasteiger partial charge >= 0.3 is 0 Å². The maximum atomic E-state index is 11.8. The number of aliphatic hydroxyl groups is 1. The molecule has 18 heavy (non-hydrogen) atoms. The second-order valence-corrected chi connectivity index (χ2v) is 4.51. The highest BCUT2D eigenvalue weighted by Gasteiger charge is 2.24. The molecule has 1 aliphatic rings. The number of ether oxygens (including phenoxy) is 1. The first kappa shape index (κ1) is 12.9. The second-order valence-electron chi connectivity index (χ2n) is 4.51. The summed E-state index contributed by atoms with van der Waals surface area (Å²) in [6.07, 6.45) is 2.02. The van der Waals surface area contributed by atoms with Crippen molar-refractivity contribution in [2.75, 3.05) is 18.1 Å². The summed E-state index contributed by atoms with van der Waals surface area (Å²) in [7, 11) is 0. The zero-order chi connectivity index (χ0) is 13.0. The monoisotopic (exact) mass is 249 g/mol. The van der Waals surface area contributed by atoms with Gasteiger partial charge in [-0.25, -0.2) is 0 Å². The van der Waals surface area contributed by atoms with Crippen LogP contribution in [0.5, 0.6) is 5.75 Å². The van der Waals surface area contributed by atoms with Crippen LogP contribution in [0, 0.1) is 0 Å². The lowest BCUT2D eigenvalue weighted by atomic mass is 10.1. The van der Waals surface area contributed by atoms with E-state index in [1.165, 1.54) is 0 Å². The maximum Gasteiger partial charge on any atom is 0.265 e. The van der Waals surface area contributed by atoms with E-state index in [-0.39, 0.29) is 18.6 Å². The third-order valence-electron chi connectivity index (χ3n) is 3.20. The average Bonchev–Trinajstić information content (AvgIpc) is 2.41. The number of benzene rings is 1. The molecular weight excluding hydrogens is 230 g/mol. The van der Waals surface area contributed by atoms with Crippen LogP contribution in [0.2, 0.25) is 0 Å². The summed E-state index contributed by atoms with van der Waals surface area (Å²) in [6.45, 7) is 2.70. The molecule has 1 aromatic carbocycles. The molecule has 1 atom stereocenters. The Morgan fingerprint density at radius 2 is 2.22 bits per heavy atom. The fourth-order valence-corrected chi connectivity index (χ4v) is 2.09. The zero-order valence-corrected chi connectivity index (χ0v) is 10.6. The van der Waals surface area contributed by atoms with Gasteiger partial charge in [0.25, 0.3) is 5.91 Å². The van der Waals surface area contributed by atoms with Crippen LogP contribution in [0.3, 0.4) is 0 Å². The number of nitrogens with zero attached hydrogens (tertiary/aromatic N) is 1. The van der Waals surface area contributed by atoms with Crippen molar-refractivity contribution in [3.05, 3.63) is 24.3 Å². The van der Waals surface area contributed by atoms with Crippen molar-refractivity contribution in [1.82, 2.24) is 0 Å². The molecule has 0 spiro atoms. The van der Waals surface area contributed by atoms with E-state index < -0.39 is 0 Å². The lowest BCUT2D eigenvalue weighted by molar-refractivity contribution is -0.121. The summed E-state index contributed by atoms with van der Waals surface area (Å²) in [5, 5.41) is 9.52. The van der Waals surface area contributed by atoms with Crippen molar-refractivity contribution in [2.24, 2.45) is 0 Å². The minimum absolute atomic E-state index is 0.0142. The second kappa shape index (κ2) is 5.87. The summed E-state index contributed by atoms with van der Waals surface area (Å²) in [5.74, 6) is 0.743. The molecule has 1 unspecified atom stereocenters. The van der Waals surface area contributed by atoms with Gasteiger partial charge in [-0.1, -0.05) is 19.1 Å². The van der Waals surface area contributed by atoms with Crippen molar-refractivity contribution in [3.63, 3.8) is 0 Å². The smallest absolute Gasteiger partial charge is 0.265 e. The van der Waals surface area contributed by atoms with Crippen molar-refractivity contribution >= 4 is 11.6 Å². The number of carbonyl (C=O) groups excluding carboxylic acids is 1. The molecule has 1 amide bonds. The fourth-order valence-electron chi connectivity index (χ4n) is 2.09. The summed E-state index contributed by atoms with van der Waals surface area (Å²) >= 11 is 0. The standard InChI is InChI=1S/C14H19NO3/c1-2-11(16)6-5-9-15-12-7-3-4-8-13(12)18-10-14(15)17/h3-4,7-8,11,16H,2,5-6,9-10H2,1H3. The predicted molar refractivity (Wildman–Crippen MR) is 69.8 cm³/mol. The molecule has 0 bridgehead atoms. The van der Waals surface area contributed by atoms with Crippen molar-refractivity contribution in [2.45, 2.75) is 32.3 Å². The van der Waals surface area contributed by atoms with Crippen LogP contribution in [0.1, 0.15) is 26.2 Å². The Bertz CT molecular complexity index is 419. The van der Waals surface area contributed by atoms with Crippen LogP contribution in [0.15, 0.2) is 24.3 Å². The minimum Gasteiger partial charge on any atom is -0.482 e. The molecule has 98 valence electrons. The SMILES string of the molecule is CCC(O)CCCN1C(=O)COc2ccccc21. The third-order valence-corrected chi connectivity index (χ3v) is 3.20. The molecule has 0 saturated carbocycles. The van der Waals surface area contributed by atoms with Crippen LogP contribution in [0.4, 0.5) is 5.69 Å². The van der Waals surface area contributed by atoms with E-state index in [4.69, 9.17) is 4.74 Å². The Morgan fingerprint density at radius 1 is 1.44 bits per heavy atom. The largest absolute Gasteiger partial charge is 0.482 e. The minimum atomic E-state index is -0.267. The van der Waals surface area contributed by atoms with E-state index in [1.807, 2.05) is 31.2 Å². The van der Waals surface area contributed by atoms with Gasteiger partial charge < -0.3 is 14.7 Å². The maximum absolute atomic E-state index is 11.8. The van der Waals surface area contributed by atoms with E-state index in [0.29, 0.717) is 6.54 Å². The Kier molecular flexibility index (Phi) is 4.20. The van der Waals surface area contributed by atoms with Crippen molar-refractivity contribution < 1.29 is 14.6 Å². The number of hydrogen-bond acceptors (Lipinski definition) is 3. The van der Waals surface area contributed by atoms with Gasteiger partial charge in [0.15, 0.2) is 6.61 Å². The van der Waals surface area contributed by atoms with Crippen molar-refractivity contribution in [3.8, 4) is 5.75 Å².